The molecule has 0 radical (unpaired) electrons. The van der Waals surface area contributed by atoms with Crippen LogP contribution >= 0.6 is 0 Å². The molecular formula is C12H25N. The van der Waals surface area contributed by atoms with Crippen LogP contribution in [0.25, 0.3) is 0 Å². The summed E-state index contributed by atoms with van der Waals surface area (Å²) in [6, 6.07) is 0.789. The Morgan fingerprint density at radius 1 is 1.15 bits per heavy atom. The second-order valence-corrected chi connectivity index (χ2v) is 4.44. The van der Waals surface area contributed by atoms with Gasteiger partial charge < -0.3 is 5.32 Å². The van der Waals surface area contributed by atoms with E-state index in [0.717, 1.165) is 17.9 Å². The van der Waals surface area contributed by atoms with Crippen LogP contribution in [-0.2, 0) is 0 Å². The van der Waals surface area contributed by atoms with E-state index in [1.807, 2.05) is 0 Å². The van der Waals surface area contributed by atoms with Gasteiger partial charge in [-0.05, 0) is 31.7 Å². The average molecular weight is 183 g/mol. The molecule has 0 spiro atoms. The van der Waals surface area contributed by atoms with Gasteiger partial charge in [-0.3, -0.25) is 0 Å². The average Bonchev–Trinajstić information content (AvgIpc) is 2.66. The van der Waals surface area contributed by atoms with Crippen LogP contribution in [0.5, 0.6) is 0 Å². The van der Waals surface area contributed by atoms with Crippen molar-refractivity contribution >= 4 is 0 Å². The first kappa shape index (κ1) is 11.0. The smallest absolute Gasteiger partial charge is 0.0120 e. The molecule has 1 N–H and O–H groups in total. The van der Waals surface area contributed by atoms with Crippen molar-refractivity contribution in [2.45, 2.75) is 58.4 Å². The van der Waals surface area contributed by atoms with E-state index in [-0.39, 0.29) is 0 Å². The minimum Gasteiger partial charge on any atom is -0.316 e. The molecule has 0 aromatic rings. The molecule has 0 heterocycles. The minimum atomic E-state index is 0.789. The maximum atomic E-state index is 3.55. The highest BCUT2D eigenvalue weighted by Crippen LogP contribution is 2.32. The van der Waals surface area contributed by atoms with Crippen molar-refractivity contribution in [2.75, 3.05) is 7.05 Å². The topological polar surface area (TPSA) is 12.0 Å². The van der Waals surface area contributed by atoms with Crippen molar-refractivity contribution < 1.29 is 0 Å². The van der Waals surface area contributed by atoms with Gasteiger partial charge in [-0.15, -0.1) is 0 Å². The molecule has 0 aliphatic heterocycles. The van der Waals surface area contributed by atoms with Crippen LogP contribution in [0.2, 0.25) is 0 Å². The number of nitrogens with one attached hydrogen (secondary N) is 1. The lowest BCUT2D eigenvalue weighted by Gasteiger charge is -2.30. The second-order valence-electron chi connectivity index (χ2n) is 4.44. The molecule has 0 bridgehead atoms. The Hall–Kier alpha value is -0.0400. The third-order valence-corrected chi connectivity index (χ3v) is 3.80. The Balaban J connectivity index is 2.48. The molecule has 1 atom stereocenters. The predicted octanol–water partition coefficient (Wildman–Crippen LogP) is 3.20. The van der Waals surface area contributed by atoms with Crippen molar-refractivity contribution in [3.63, 3.8) is 0 Å². The number of rotatable bonds is 5. The van der Waals surface area contributed by atoms with Crippen LogP contribution in [0, 0.1) is 11.8 Å². The van der Waals surface area contributed by atoms with Crippen LogP contribution in [0.4, 0.5) is 0 Å². The van der Waals surface area contributed by atoms with Gasteiger partial charge in [0, 0.05) is 6.04 Å². The fraction of sp³-hybridized carbons (Fsp3) is 1.00. The van der Waals surface area contributed by atoms with Gasteiger partial charge in [0.05, 0.1) is 0 Å². The lowest BCUT2D eigenvalue weighted by Crippen LogP contribution is -2.38. The normalized spacial score (nSPS) is 21.2. The largest absolute Gasteiger partial charge is 0.316 e. The molecule has 0 aromatic carbocycles. The molecular weight excluding hydrogens is 158 g/mol. The Morgan fingerprint density at radius 3 is 2.08 bits per heavy atom. The molecule has 0 saturated heterocycles. The van der Waals surface area contributed by atoms with E-state index in [9.17, 15) is 0 Å². The Labute approximate surface area is 83.3 Å². The van der Waals surface area contributed by atoms with Gasteiger partial charge in [0.2, 0.25) is 0 Å². The molecule has 13 heavy (non-hydrogen) atoms. The summed E-state index contributed by atoms with van der Waals surface area (Å²) in [5, 5.41) is 3.55. The quantitative estimate of drug-likeness (QED) is 0.690. The standard InChI is InChI=1S/C12H25N/c1-4-10(5-2)12(13-3)11-8-6-7-9-11/h10-13H,4-9H2,1-3H3. The second kappa shape index (κ2) is 5.64. The summed E-state index contributed by atoms with van der Waals surface area (Å²) < 4.78 is 0. The van der Waals surface area contributed by atoms with Crippen molar-refractivity contribution in [2.24, 2.45) is 11.8 Å². The lowest BCUT2D eigenvalue weighted by atomic mass is 9.84. The summed E-state index contributed by atoms with van der Waals surface area (Å²) in [4.78, 5) is 0. The van der Waals surface area contributed by atoms with Gasteiger partial charge in [-0.25, -0.2) is 0 Å². The minimum absolute atomic E-state index is 0.789. The van der Waals surface area contributed by atoms with Crippen LogP contribution in [0.3, 0.4) is 0 Å². The zero-order chi connectivity index (χ0) is 9.68. The van der Waals surface area contributed by atoms with Gasteiger partial charge in [0.15, 0.2) is 0 Å². The molecule has 1 saturated carbocycles. The lowest BCUT2D eigenvalue weighted by molar-refractivity contribution is 0.259. The van der Waals surface area contributed by atoms with E-state index in [4.69, 9.17) is 0 Å². The Morgan fingerprint density at radius 2 is 1.69 bits per heavy atom. The molecule has 0 amide bonds. The summed E-state index contributed by atoms with van der Waals surface area (Å²) in [6.45, 7) is 4.65. The zero-order valence-corrected chi connectivity index (χ0v) is 9.47. The van der Waals surface area contributed by atoms with E-state index in [1.54, 1.807) is 0 Å². The van der Waals surface area contributed by atoms with Crippen molar-refractivity contribution in [1.82, 2.24) is 5.32 Å². The van der Waals surface area contributed by atoms with E-state index >= 15 is 0 Å². The van der Waals surface area contributed by atoms with Crippen molar-refractivity contribution in [3.8, 4) is 0 Å². The molecule has 1 rings (SSSR count). The van der Waals surface area contributed by atoms with E-state index < -0.39 is 0 Å². The molecule has 1 aliphatic rings. The first-order valence-corrected chi connectivity index (χ1v) is 6.00. The molecule has 1 unspecified atom stereocenters. The van der Waals surface area contributed by atoms with Gasteiger partial charge in [-0.1, -0.05) is 39.5 Å². The first-order valence-electron chi connectivity index (χ1n) is 6.00. The third-order valence-electron chi connectivity index (χ3n) is 3.80. The summed E-state index contributed by atoms with van der Waals surface area (Å²) >= 11 is 0. The van der Waals surface area contributed by atoms with E-state index in [0.29, 0.717) is 0 Å². The summed E-state index contributed by atoms with van der Waals surface area (Å²) in [5.41, 5.74) is 0. The first-order chi connectivity index (χ1) is 6.33. The van der Waals surface area contributed by atoms with E-state index in [1.165, 1.54) is 38.5 Å². The fourth-order valence-corrected chi connectivity index (χ4v) is 2.97. The maximum absolute atomic E-state index is 3.55. The van der Waals surface area contributed by atoms with Gasteiger partial charge in [0.1, 0.15) is 0 Å². The van der Waals surface area contributed by atoms with Gasteiger partial charge in [0.25, 0.3) is 0 Å². The molecule has 1 heteroatoms. The van der Waals surface area contributed by atoms with Crippen LogP contribution in [-0.4, -0.2) is 13.1 Å². The Bertz CT molecular complexity index is 121. The molecule has 0 aromatic heterocycles. The maximum Gasteiger partial charge on any atom is 0.0120 e. The highest BCUT2D eigenvalue weighted by Gasteiger charge is 2.28. The van der Waals surface area contributed by atoms with Crippen LogP contribution < -0.4 is 5.32 Å². The monoisotopic (exact) mass is 183 g/mol. The highest BCUT2D eigenvalue weighted by atomic mass is 14.9. The van der Waals surface area contributed by atoms with Gasteiger partial charge >= 0.3 is 0 Å². The molecule has 1 nitrogen and oxygen atoms in total. The predicted molar refractivity (Wildman–Crippen MR) is 58.9 cm³/mol. The highest BCUT2D eigenvalue weighted by molar-refractivity contribution is 4.84. The Kier molecular flexibility index (Phi) is 4.79. The van der Waals surface area contributed by atoms with Crippen LogP contribution in [0.15, 0.2) is 0 Å². The van der Waals surface area contributed by atoms with Crippen LogP contribution in [0.1, 0.15) is 52.4 Å². The number of hydrogen-bond acceptors (Lipinski definition) is 1. The van der Waals surface area contributed by atoms with E-state index in [2.05, 4.69) is 26.2 Å². The van der Waals surface area contributed by atoms with Crippen molar-refractivity contribution in [3.05, 3.63) is 0 Å². The molecule has 78 valence electrons. The summed E-state index contributed by atoms with van der Waals surface area (Å²) in [6.07, 6.45) is 8.51. The third kappa shape index (κ3) is 2.70. The molecule has 1 aliphatic carbocycles. The SMILES string of the molecule is CCC(CC)C(NC)C1CCCC1. The number of hydrogen-bond donors (Lipinski definition) is 1. The van der Waals surface area contributed by atoms with Crippen molar-refractivity contribution in [1.29, 1.82) is 0 Å². The van der Waals surface area contributed by atoms with Gasteiger partial charge in [-0.2, -0.15) is 0 Å². The summed E-state index contributed by atoms with van der Waals surface area (Å²) in [7, 11) is 2.14. The molecule has 1 fully saturated rings. The fourth-order valence-electron chi connectivity index (χ4n) is 2.97. The zero-order valence-electron chi connectivity index (χ0n) is 9.47. The summed E-state index contributed by atoms with van der Waals surface area (Å²) in [5.74, 6) is 1.86.